The summed E-state index contributed by atoms with van der Waals surface area (Å²) in [5, 5.41) is 3.74. The van der Waals surface area contributed by atoms with Crippen molar-refractivity contribution in [2.45, 2.75) is 40.5 Å². The largest absolute Gasteiger partial charge is 0.334 e. The first kappa shape index (κ1) is 13.4. The molecule has 2 rings (SSSR count). The van der Waals surface area contributed by atoms with E-state index in [4.69, 9.17) is 4.52 Å². The normalized spacial score (nSPS) is 10.0. The van der Waals surface area contributed by atoms with E-state index in [2.05, 4.69) is 29.0 Å². The summed E-state index contributed by atoms with van der Waals surface area (Å²) in [4.78, 5) is 8.47. The van der Waals surface area contributed by atoms with Gasteiger partial charge in [0.2, 0.25) is 0 Å². The monoisotopic (exact) mass is 233 g/mol. The Morgan fingerprint density at radius 3 is 2.29 bits per heavy atom. The summed E-state index contributed by atoms with van der Waals surface area (Å²) in [6.07, 6.45) is 1.77. The van der Waals surface area contributed by atoms with Gasteiger partial charge >= 0.3 is 0 Å². The van der Waals surface area contributed by atoms with Gasteiger partial charge in [-0.15, -0.1) is 0 Å². The van der Waals surface area contributed by atoms with Crippen molar-refractivity contribution in [3.63, 3.8) is 0 Å². The molecule has 0 amide bonds. The van der Waals surface area contributed by atoms with Crippen LogP contribution in [0.1, 0.15) is 45.1 Å². The first-order chi connectivity index (χ1) is 8.16. The first-order valence-corrected chi connectivity index (χ1v) is 5.93. The van der Waals surface area contributed by atoms with Crippen LogP contribution in [-0.2, 0) is 0 Å². The summed E-state index contributed by atoms with van der Waals surface area (Å²) in [6.45, 7) is 10.0. The molecule has 2 aromatic heterocycles. The van der Waals surface area contributed by atoms with E-state index in [0.29, 0.717) is 17.6 Å². The van der Waals surface area contributed by atoms with Crippen molar-refractivity contribution < 1.29 is 4.52 Å². The maximum absolute atomic E-state index is 5.05. The van der Waals surface area contributed by atoms with Crippen molar-refractivity contribution >= 4 is 0 Å². The second kappa shape index (κ2) is 6.13. The fourth-order valence-electron chi connectivity index (χ4n) is 1.29. The molecule has 0 unspecified atom stereocenters. The average molecular weight is 233 g/mol. The molecule has 4 heteroatoms. The Labute approximate surface area is 102 Å². The molecule has 2 aromatic rings. The van der Waals surface area contributed by atoms with Gasteiger partial charge in [-0.05, 0) is 25.0 Å². The zero-order valence-corrected chi connectivity index (χ0v) is 11.1. The van der Waals surface area contributed by atoms with Crippen LogP contribution >= 0.6 is 0 Å². The lowest BCUT2D eigenvalue weighted by Gasteiger charge is -2.03. The van der Waals surface area contributed by atoms with E-state index in [1.165, 1.54) is 0 Å². The standard InChI is InChI=1S/C11H13N3O.C2H6/c1-7(2)10-5-4-9(6-12-10)11-13-8(3)14-15-11;1-2/h4-7H,1-3H3;1-2H3. The molecule has 0 fully saturated rings. The quantitative estimate of drug-likeness (QED) is 0.795. The minimum absolute atomic E-state index is 0.434. The van der Waals surface area contributed by atoms with Crippen LogP contribution < -0.4 is 0 Å². The van der Waals surface area contributed by atoms with Gasteiger partial charge in [-0.1, -0.05) is 32.9 Å². The predicted molar refractivity (Wildman–Crippen MR) is 67.7 cm³/mol. The molecular weight excluding hydrogens is 214 g/mol. The van der Waals surface area contributed by atoms with Gasteiger partial charge in [-0.2, -0.15) is 4.98 Å². The van der Waals surface area contributed by atoms with Gasteiger partial charge in [0.1, 0.15) is 0 Å². The lowest BCUT2D eigenvalue weighted by molar-refractivity contribution is 0.425. The van der Waals surface area contributed by atoms with E-state index in [1.807, 2.05) is 26.0 Å². The maximum atomic E-state index is 5.05. The van der Waals surface area contributed by atoms with Gasteiger partial charge in [0.15, 0.2) is 5.82 Å². The Kier molecular flexibility index (Phi) is 4.82. The van der Waals surface area contributed by atoms with E-state index in [9.17, 15) is 0 Å². The highest BCUT2D eigenvalue weighted by Gasteiger charge is 2.07. The van der Waals surface area contributed by atoms with E-state index < -0.39 is 0 Å². The molecule has 0 saturated heterocycles. The van der Waals surface area contributed by atoms with Gasteiger partial charge in [0.05, 0.1) is 5.56 Å². The number of pyridine rings is 1. The first-order valence-electron chi connectivity index (χ1n) is 5.93. The van der Waals surface area contributed by atoms with Gasteiger partial charge in [0.25, 0.3) is 5.89 Å². The van der Waals surface area contributed by atoms with Crippen LogP contribution in [0.2, 0.25) is 0 Å². The molecule has 0 aliphatic heterocycles. The van der Waals surface area contributed by atoms with Crippen molar-refractivity contribution in [1.82, 2.24) is 15.1 Å². The highest BCUT2D eigenvalue weighted by atomic mass is 16.5. The molecule has 0 aliphatic rings. The topological polar surface area (TPSA) is 51.8 Å². The van der Waals surface area contributed by atoms with Crippen LogP contribution in [0.4, 0.5) is 0 Å². The van der Waals surface area contributed by atoms with Gasteiger partial charge in [-0.3, -0.25) is 4.98 Å². The van der Waals surface area contributed by atoms with E-state index in [0.717, 1.165) is 11.3 Å². The molecule has 0 N–H and O–H groups in total. The van der Waals surface area contributed by atoms with Crippen LogP contribution in [0.5, 0.6) is 0 Å². The van der Waals surface area contributed by atoms with Gasteiger partial charge in [0, 0.05) is 11.9 Å². The van der Waals surface area contributed by atoms with Crippen molar-refractivity contribution in [3.8, 4) is 11.5 Å². The third kappa shape index (κ3) is 3.37. The molecule has 0 bridgehead atoms. The summed E-state index contributed by atoms with van der Waals surface area (Å²) < 4.78 is 5.05. The number of hydrogen-bond donors (Lipinski definition) is 0. The van der Waals surface area contributed by atoms with Crippen LogP contribution in [0.15, 0.2) is 22.9 Å². The van der Waals surface area contributed by atoms with Gasteiger partial charge in [-0.25, -0.2) is 0 Å². The molecule has 0 atom stereocenters. The highest BCUT2D eigenvalue weighted by Crippen LogP contribution is 2.18. The number of nitrogens with zero attached hydrogens (tertiary/aromatic N) is 3. The Balaban J connectivity index is 0.000000686. The van der Waals surface area contributed by atoms with Crippen molar-refractivity contribution in [2.75, 3.05) is 0 Å². The fourth-order valence-corrected chi connectivity index (χ4v) is 1.29. The summed E-state index contributed by atoms with van der Waals surface area (Å²) in [5.41, 5.74) is 1.93. The second-order valence-electron chi connectivity index (χ2n) is 3.77. The number of hydrogen-bond acceptors (Lipinski definition) is 4. The molecule has 0 aromatic carbocycles. The van der Waals surface area contributed by atoms with Crippen molar-refractivity contribution in [2.24, 2.45) is 0 Å². The summed E-state index contributed by atoms with van der Waals surface area (Å²) in [5.74, 6) is 1.59. The molecule has 0 saturated carbocycles. The molecule has 2 heterocycles. The second-order valence-corrected chi connectivity index (χ2v) is 3.77. The van der Waals surface area contributed by atoms with Crippen molar-refractivity contribution in [3.05, 3.63) is 29.8 Å². The predicted octanol–water partition coefficient (Wildman–Crippen LogP) is 3.59. The Morgan fingerprint density at radius 2 is 1.88 bits per heavy atom. The fraction of sp³-hybridized carbons (Fsp3) is 0.462. The molecule has 0 aliphatic carbocycles. The van der Waals surface area contributed by atoms with Crippen LogP contribution in [0, 0.1) is 6.92 Å². The SMILES string of the molecule is CC.Cc1noc(-c2ccc(C(C)C)nc2)n1. The highest BCUT2D eigenvalue weighted by molar-refractivity contribution is 5.51. The van der Waals surface area contributed by atoms with E-state index in [-0.39, 0.29) is 0 Å². The third-order valence-electron chi connectivity index (χ3n) is 2.15. The molecule has 0 spiro atoms. The Hall–Kier alpha value is -1.71. The zero-order chi connectivity index (χ0) is 12.8. The zero-order valence-electron chi connectivity index (χ0n) is 11.1. The van der Waals surface area contributed by atoms with Crippen LogP contribution in [-0.4, -0.2) is 15.1 Å². The minimum Gasteiger partial charge on any atom is -0.334 e. The van der Waals surface area contributed by atoms with Crippen LogP contribution in [0.3, 0.4) is 0 Å². The van der Waals surface area contributed by atoms with Crippen LogP contribution in [0.25, 0.3) is 11.5 Å². The Bertz CT molecular complexity index is 446. The molecule has 4 nitrogen and oxygen atoms in total. The smallest absolute Gasteiger partial charge is 0.259 e. The van der Waals surface area contributed by atoms with E-state index in [1.54, 1.807) is 13.1 Å². The van der Waals surface area contributed by atoms with Crippen molar-refractivity contribution in [1.29, 1.82) is 0 Å². The lowest BCUT2D eigenvalue weighted by Crippen LogP contribution is -1.91. The third-order valence-corrected chi connectivity index (χ3v) is 2.15. The maximum Gasteiger partial charge on any atom is 0.259 e. The average Bonchev–Trinajstić information content (AvgIpc) is 2.79. The molecular formula is C13H19N3O. The minimum atomic E-state index is 0.434. The summed E-state index contributed by atoms with van der Waals surface area (Å²) in [7, 11) is 0. The van der Waals surface area contributed by atoms with Gasteiger partial charge < -0.3 is 4.52 Å². The molecule has 92 valence electrons. The molecule has 17 heavy (non-hydrogen) atoms. The summed E-state index contributed by atoms with van der Waals surface area (Å²) in [6, 6.07) is 3.94. The number of rotatable bonds is 2. The molecule has 0 radical (unpaired) electrons. The number of aromatic nitrogens is 3. The lowest BCUT2D eigenvalue weighted by atomic mass is 10.1. The summed E-state index contributed by atoms with van der Waals surface area (Å²) >= 11 is 0. The Morgan fingerprint density at radius 1 is 1.18 bits per heavy atom. The number of aryl methyl sites for hydroxylation is 1. The van der Waals surface area contributed by atoms with E-state index >= 15 is 0 Å².